The first-order valence-electron chi connectivity index (χ1n) is 7.09. The summed E-state index contributed by atoms with van der Waals surface area (Å²) < 4.78 is 45.0. The number of halogens is 3. The zero-order valence-electron chi connectivity index (χ0n) is 13.8. The van der Waals surface area contributed by atoms with Gasteiger partial charge in [-0.25, -0.2) is 0 Å². The van der Waals surface area contributed by atoms with Crippen molar-refractivity contribution in [1.29, 1.82) is 5.26 Å². The van der Waals surface area contributed by atoms with Gasteiger partial charge in [0.05, 0.1) is 5.56 Å². The van der Waals surface area contributed by atoms with Crippen molar-refractivity contribution in [3.05, 3.63) is 34.9 Å². The summed E-state index contributed by atoms with van der Waals surface area (Å²) in [6.45, 7) is 4.41. The molecule has 4 nitrogen and oxygen atoms in total. The highest BCUT2D eigenvalue weighted by Crippen LogP contribution is 2.38. The van der Waals surface area contributed by atoms with E-state index in [1.807, 2.05) is 0 Å². The molecule has 134 valence electrons. The number of aliphatic hydroxyl groups is 1. The van der Waals surface area contributed by atoms with Crippen molar-refractivity contribution < 1.29 is 27.8 Å². The van der Waals surface area contributed by atoms with Crippen LogP contribution in [-0.2, 0) is 11.0 Å². The Morgan fingerprint density at radius 3 is 2.40 bits per heavy atom. The van der Waals surface area contributed by atoms with Gasteiger partial charge in [0.2, 0.25) is 0 Å². The second-order valence-electron chi connectivity index (χ2n) is 6.10. The molecule has 0 aliphatic rings. The predicted molar refractivity (Wildman–Crippen MR) is 90.2 cm³/mol. The lowest BCUT2D eigenvalue weighted by molar-refractivity contribution is -0.138. The number of rotatable bonds is 5. The van der Waals surface area contributed by atoms with E-state index in [1.54, 1.807) is 0 Å². The maximum Gasteiger partial charge on any atom is 0.417 e. The molecule has 0 atom stereocenters. The molecule has 0 saturated carbocycles. The summed E-state index contributed by atoms with van der Waals surface area (Å²) >= 11 is 4.54. The lowest BCUT2D eigenvalue weighted by atomic mass is 9.85. The van der Waals surface area contributed by atoms with Crippen LogP contribution in [0.1, 0.15) is 31.9 Å². The van der Waals surface area contributed by atoms with E-state index >= 15 is 0 Å². The van der Waals surface area contributed by atoms with Crippen molar-refractivity contribution in [3.8, 4) is 11.8 Å². The number of thiocarbonyl (C=S) groups is 1. The fraction of sp³-hybridized carbons (Fsp3) is 0.353. The number of hydrogen-bond donors (Lipinski definition) is 1. The Morgan fingerprint density at radius 2 is 1.96 bits per heavy atom. The molecule has 0 heterocycles. The average Bonchev–Trinajstić information content (AvgIpc) is 2.51. The topological polar surface area (TPSA) is 70.3 Å². The number of carbonyl (C=O) groups is 1. The van der Waals surface area contributed by atoms with Crippen LogP contribution in [0.3, 0.4) is 0 Å². The third-order valence-corrected chi connectivity index (χ3v) is 3.26. The SMILES string of the molecule is CC(C)(C)C(=O)C(C#N)=C(O)c1ccc(OCC=S)cc1C(F)(F)F. The van der Waals surface area contributed by atoms with E-state index in [1.165, 1.54) is 38.3 Å². The van der Waals surface area contributed by atoms with Crippen LogP contribution in [0, 0.1) is 16.7 Å². The fourth-order valence-electron chi connectivity index (χ4n) is 1.91. The minimum Gasteiger partial charge on any atom is -0.506 e. The Balaban J connectivity index is 3.59. The van der Waals surface area contributed by atoms with E-state index in [9.17, 15) is 23.1 Å². The zero-order valence-corrected chi connectivity index (χ0v) is 14.6. The van der Waals surface area contributed by atoms with Gasteiger partial charge in [0, 0.05) is 16.3 Å². The van der Waals surface area contributed by atoms with Crippen molar-refractivity contribution in [2.75, 3.05) is 6.61 Å². The highest BCUT2D eigenvalue weighted by molar-refractivity contribution is 7.79. The van der Waals surface area contributed by atoms with Crippen LogP contribution in [0.2, 0.25) is 0 Å². The molecule has 0 spiro atoms. The van der Waals surface area contributed by atoms with Crippen molar-refractivity contribution in [1.82, 2.24) is 0 Å². The maximum atomic E-state index is 13.3. The highest BCUT2D eigenvalue weighted by Gasteiger charge is 2.37. The largest absolute Gasteiger partial charge is 0.506 e. The Bertz CT molecular complexity index is 756. The van der Waals surface area contributed by atoms with Gasteiger partial charge in [-0.1, -0.05) is 33.0 Å². The summed E-state index contributed by atoms with van der Waals surface area (Å²) in [6.07, 6.45) is -4.83. The summed E-state index contributed by atoms with van der Waals surface area (Å²) in [5.41, 5.74) is -3.66. The van der Waals surface area contributed by atoms with Gasteiger partial charge in [0.25, 0.3) is 0 Å². The lowest BCUT2D eigenvalue weighted by Gasteiger charge is -2.18. The molecule has 0 saturated heterocycles. The summed E-state index contributed by atoms with van der Waals surface area (Å²) in [7, 11) is 0. The molecule has 0 aliphatic carbocycles. The minimum atomic E-state index is -4.83. The number of nitriles is 1. The number of ether oxygens (including phenoxy) is 1. The molecule has 1 aromatic carbocycles. The van der Waals surface area contributed by atoms with Gasteiger partial charge in [-0.2, -0.15) is 18.4 Å². The van der Waals surface area contributed by atoms with Crippen molar-refractivity contribution >= 4 is 29.1 Å². The van der Waals surface area contributed by atoms with Gasteiger partial charge in [-0.15, -0.1) is 0 Å². The summed E-state index contributed by atoms with van der Waals surface area (Å²) in [6, 6.07) is 4.32. The van der Waals surface area contributed by atoms with E-state index in [4.69, 9.17) is 10.00 Å². The summed E-state index contributed by atoms with van der Waals surface area (Å²) in [5, 5.41) is 20.5. The Morgan fingerprint density at radius 1 is 1.36 bits per heavy atom. The van der Waals surface area contributed by atoms with Gasteiger partial charge in [-0.3, -0.25) is 4.79 Å². The van der Waals surface area contributed by atoms with Crippen LogP contribution in [0.15, 0.2) is 23.8 Å². The number of allylic oxidation sites excluding steroid dienone is 1. The molecule has 0 amide bonds. The van der Waals surface area contributed by atoms with Gasteiger partial charge < -0.3 is 9.84 Å². The second-order valence-corrected chi connectivity index (χ2v) is 6.43. The molecule has 0 aliphatic heterocycles. The summed E-state index contributed by atoms with van der Waals surface area (Å²) in [4.78, 5) is 12.2. The van der Waals surface area contributed by atoms with Crippen LogP contribution in [0.4, 0.5) is 13.2 Å². The van der Waals surface area contributed by atoms with Gasteiger partial charge in [0.1, 0.15) is 29.8 Å². The first-order valence-corrected chi connectivity index (χ1v) is 7.56. The maximum absolute atomic E-state index is 13.3. The van der Waals surface area contributed by atoms with Gasteiger partial charge >= 0.3 is 6.18 Å². The number of benzene rings is 1. The Hall–Kier alpha value is -2.40. The molecule has 1 aromatic rings. The molecule has 1 rings (SSSR count). The van der Waals surface area contributed by atoms with Gasteiger partial charge in [0.15, 0.2) is 5.78 Å². The number of ketones is 1. The van der Waals surface area contributed by atoms with Crippen LogP contribution in [0.5, 0.6) is 5.75 Å². The number of hydrogen-bond acceptors (Lipinski definition) is 5. The van der Waals surface area contributed by atoms with Crippen LogP contribution in [0.25, 0.3) is 5.76 Å². The van der Waals surface area contributed by atoms with E-state index in [0.29, 0.717) is 6.07 Å². The molecule has 25 heavy (non-hydrogen) atoms. The molecular weight excluding hydrogens is 355 g/mol. The molecule has 1 N–H and O–H groups in total. The number of nitrogens with zero attached hydrogens (tertiary/aromatic N) is 1. The number of Topliss-reactive ketones (excluding diaryl/α,β-unsaturated/α-hetero) is 1. The highest BCUT2D eigenvalue weighted by atomic mass is 32.1. The van der Waals surface area contributed by atoms with E-state index in [2.05, 4.69) is 12.2 Å². The third kappa shape index (κ3) is 5.03. The van der Waals surface area contributed by atoms with Crippen molar-refractivity contribution in [3.63, 3.8) is 0 Å². The third-order valence-electron chi connectivity index (χ3n) is 3.13. The summed E-state index contributed by atoms with van der Waals surface area (Å²) in [5.74, 6) is -1.89. The fourth-order valence-corrected chi connectivity index (χ4v) is 1.97. The van der Waals surface area contributed by atoms with E-state index in [0.717, 1.165) is 6.07 Å². The molecule has 0 bridgehead atoms. The minimum absolute atomic E-state index is 0.0697. The Labute approximate surface area is 148 Å². The standard InChI is InChI=1S/C17H16F3NO3S/c1-16(2,3)15(23)12(9-21)14(22)11-5-4-10(24-6-7-25)8-13(11)17(18,19)20/h4-5,7-8,22H,6H2,1-3H3. The van der Waals surface area contributed by atoms with Crippen molar-refractivity contribution in [2.24, 2.45) is 5.41 Å². The molecule has 0 aromatic heterocycles. The average molecular weight is 371 g/mol. The van der Waals surface area contributed by atoms with E-state index in [-0.39, 0.29) is 12.4 Å². The van der Waals surface area contributed by atoms with Crippen LogP contribution >= 0.6 is 12.2 Å². The Kier molecular flexibility index (Phi) is 6.32. The predicted octanol–water partition coefficient (Wildman–Crippen LogP) is 4.49. The second kappa shape index (κ2) is 7.66. The monoisotopic (exact) mass is 371 g/mol. The first kappa shape index (κ1) is 20.6. The normalized spacial score (nSPS) is 12.8. The van der Waals surface area contributed by atoms with Crippen LogP contribution in [-0.4, -0.2) is 22.9 Å². The number of alkyl halides is 3. The zero-order chi connectivity index (χ0) is 19.4. The van der Waals surface area contributed by atoms with Crippen LogP contribution < -0.4 is 4.74 Å². The number of aliphatic hydroxyl groups excluding tert-OH is 1. The molecule has 0 radical (unpaired) electrons. The molecule has 8 heteroatoms. The van der Waals surface area contributed by atoms with Crippen molar-refractivity contribution in [2.45, 2.75) is 26.9 Å². The van der Waals surface area contributed by atoms with E-state index < -0.39 is 39.8 Å². The molecule has 0 unspecified atom stereocenters. The smallest absolute Gasteiger partial charge is 0.417 e. The lowest BCUT2D eigenvalue weighted by Crippen LogP contribution is -2.23. The van der Waals surface area contributed by atoms with Gasteiger partial charge in [-0.05, 0) is 18.2 Å². The molecular formula is C17H16F3NO3S. The quantitative estimate of drug-likeness (QED) is 0.357. The number of carbonyl (C=O) groups excluding carboxylic acids is 1. The molecule has 0 fully saturated rings. The first-order chi connectivity index (χ1) is 11.4.